The third-order valence-corrected chi connectivity index (χ3v) is 4.88. The minimum Gasteiger partial charge on any atom is -0.497 e. The average molecular weight is 489 g/mol. The summed E-state index contributed by atoms with van der Waals surface area (Å²) in [6, 6.07) is 10.8. The van der Waals surface area contributed by atoms with Gasteiger partial charge in [0.15, 0.2) is 0 Å². The summed E-state index contributed by atoms with van der Waals surface area (Å²) in [4.78, 5) is 12.7. The summed E-state index contributed by atoms with van der Waals surface area (Å²) in [5.74, 6) is 1.86. The van der Waals surface area contributed by atoms with E-state index in [1.807, 2.05) is 19.9 Å². The molecule has 0 aliphatic rings. The number of hydrogen-bond acceptors (Lipinski definition) is 6. The normalized spacial score (nSPS) is 10.8. The van der Waals surface area contributed by atoms with Gasteiger partial charge in [0.1, 0.15) is 34.6 Å². The highest BCUT2D eigenvalue weighted by atomic mass is 79.9. The van der Waals surface area contributed by atoms with Crippen LogP contribution in [0.5, 0.6) is 23.0 Å². The van der Waals surface area contributed by atoms with E-state index in [9.17, 15) is 10.1 Å². The lowest BCUT2D eigenvalue weighted by atomic mass is 10.1. The molecule has 1 N–H and O–H groups in total. The Morgan fingerprint density at radius 1 is 1.06 bits per heavy atom. The summed E-state index contributed by atoms with van der Waals surface area (Å²) >= 11 is 3.45. The van der Waals surface area contributed by atoms with Crippen molar-refractivity contribution in [2.24, 2.45) is 0 Å². The van der Waals surface area contributed by atoms with Gasteiger partial charge in [-0.05, 0) is 54.1 Å². The molecule has 1 amide bonds. The van der Waals surface area contributed by atoms with Gasteiger partial charge < -0.3 is 24.3 Å². The van der Waals surface area contributed by atoms with E-state index in [1.165, 1.54) is 6.08 Å². The molecule has 0 unspecified atom stereocenters. The molecule has 0 radical (unpaired) electrons. The van der Waals surface area contributed by atoms with Crippen LogP contribution in [0.2, 0.25) is 0 Å². The Kier molecular flexibility index (Phi) is 9.22. The first-order chi connectivity index (χ1) is 15.0. The van der Waals surface area contributed by atoms with Gasteiger partial charge in [0.2, 0.25) is 0 Å². The summed E-state index contributed by atoms with van der Waals surface area (Å²) in [5, 5.41) is 12.3. The van der Waals surface area contributed by atoms with Crippen LogP contribution in [0.3, 0.4) is 0 Å². The van der Waals surface area contributed by atoms with Crippen LogP contribution in [-0.2, 0) is 11.3 Å². The molecule has 0 spiro atoms. The molecule has 0 atom stereocenters. The van der Waals surface area contributed by atoms with Crippen LogP contribution < -0.4 is 24.3 Å². The lowest BCUT2D eigenvalue weighted by Gasteiger charge is -2.13. The molecule has 0 aromatic heterocycles. The number of hydrogen-bond donors (Lipinski definition) is 1. The molecule has 164 valence electrons. The predicted octanol–water partition coefficient (Wildman–Crippen LogP) is 4.49. The smallest absolute Gasteiger partial charge is 0.262 e. The number of rotatable bonds is 10. The number of methoxy groups -OCH3 is 2. The third kappa shape index (κ3) is 6.40. The molecule has 0 saturated heterocycles. The zero-order chi connectivity index (χ0) is 22.8. The topological polar surface area (TPSA) is 89.8 Å². The Bertz CT molecular complexity index is 998. The molecule has 0 aliphatic heterocycles. The third-order valence-electron chi connectivity index (χ3n) is 4.26. The van der Waals surface area contributed by atoms with Crippen LogP contribution in [-0.4, -0.2) is 33.3 Å². The van der Waals surface area contributed by atoms with Gasteiger partial charge in [0, 0.05) is 29.8 Å². The number of ether oxygens (including phenoxy) is 4. The molecule has 8 heteroatoms. The van der Waals surface area contributed by atoms with Crippen molar-refractivity contribution in [2.45, 2.75) is 20.4 Å². The van der Waals surface area contributed by atoms with Crippen molar-refractivity contribution in [3.05, 3.63) is 51.5 Å². The van der Waals surface area contributed by atoms with E-state index in [0.29, 0.717) is 46.2 Å². The van der Waals surface area contributed by atoms with Gasteiger partial charge >= 0.3 is 0 Å². The Morgan fingerprint density at radius 3 is 2.39 bits per heavy atom. The highest BCUT2D eigenvalue weighted by molar-refractivity contribution is 9.10. The molecule has 0 saturated carbocycles. The standard InChI is InChI=1S/C23H25BrN2O5/c1-5-30-21-12-22(31-6-2)19(24)10-16(21)9-17(13-25)23(27)26-14-15-7-8-18(28-3)11-20(15)29-4/h7-12H,5-6,14H2,1-4H3,(H,26,27)/b17-9+. The van der Waals surface area contributed by atoms with E-state index in [2.05, 4.69) is 21.2 Å². The first-order valence-electron chi connectivity index (χ1n) is 9.67. The minimum absolute atomic E-state index is 0.0514. The van der Waals surface area contributed by atoms with Crippen LogP contribution in [0, 0.1) is 11.3 Å². The van der Waals surface area contributed by atoms with Gasteiger partial charge in [-0.3, -0.25) is 4.79 Å². The molecule has 0 fully saturated rings. The highest BCUT2D eigenvalue weighted by Crippen LogP contribution is 2.34. The number of halogens is 1. The summed E-state index contributed by atoms with van der Waals surface area (Å²) < 4.78 is 22.5. The maximum Gasteiger partial charge on any atom is 0.262 e. The summed E-state index contributed by atoms with van der Waals surface area (Å²) in [5.41, 5.74) is 1.29. The minimum atomic E-state index is -0.507. The lowest BCUT2D eigenvalue weighted by Crippen LogP contribution is -2.24. The van der Waals surface area contributed by atoms with Crippen molar-refractivity contribution < 1.29 is 23.7 Å². The number of amides is 1. The van der Waals surface area contributed by atoms with E-state index in [4.69, 9.17) is 18.9 Å². The van der Waals surface area contributed by atoms with E-state index >= 15 is 0 Å². The van der Waals surface area contributed by atoms with Crippen molar-refractivity contribution in [1.82, 2.24) is 5.32 Å². The van der Waals surface area contributed by atoms with Crippen LogP contribution in [0.1, 0.15) is 25.0 Å². The molecular weight excluding hydrogens is 464 g/mol. The van der Waals surface area contributed by atoms with E-state index in [-0.39, 0.29) is 12.1 Å². The monoisotopic (exact) mass is 488 g/mol. The maximum atomic E-state index is 12.7. The number of carbonyl (C=O) groups is 1. The largest absolute Gasteiger partial charge is 0.497 e. The molecule has 2 rings (SSSR count). The first kappa shape index (κ1) is 24.1. The number of nitrogens with one attached hydrogen (secondary N) is 1. The summed E-state index contributed by atoms with van der Waals surface area (Å²) in [6.45, 7) is 4.86. The summed E-state index contributed by atoms with van der Waals surface area (Å²) in [7, 11) is 3.11. The van der Waals surface area contributed by atoms with Crippen LogP contribution in [0.25, 0.3) is 6.08 Å². The summed E-state index contributed by atoms with van der Waals surface area (Å²) in [6.07, 6.45) is 1.49. The maximum absolute atomic E-state index is 12.7. The van der Waals surface area contributed by atoms with Gasteiger partial charge in [0.25, 0.3) is 5.91 Å². The zero-order valence-electron chi connectivity index (χ0n) is 18.0. The second kappa shape index (κ2) is 11.9. The first-order valence-corrected chi connectivity index (χ1v) is 10.5. The van der Waals surface area contributed by atoms with Crippen molar-refractivity contribution >= 4 is 27.9 Å². The molecule has 0 aliphatic carbocycles. The number of nitriles is 1. The van der Waals surface area contributed by atoms with Crippen molar-refractivity contribution in [3.63, 3.8) is 0 Å². The fourth-order valence-corrected chi connectivity index (χ4v) is 3.26. The van der Waals surface area contributed by atoms with Gasteiger partial charge in [-0.1, -0.05) is 0 Å². The number of nitrogens with zero attached hydrogens (tertiary/aromatic N) is 1. The Balaban J connectivity index is 2.26. The molecule has 0 bridgehead atoms. The molecule has 31 heavy (non-hydrogen) atoms. The fourth-order valence-electron chi connectivity index (χ4n) is 2.78. The van der Waals surface area contributed by atoms with Crippen molar-refractivity contribution in [2.75, 3.05) is 27.4 Å². The zero-order valence-corrected chi connectivity index (χ0v) is 19.5. The van der Waals surface area contributed by atoms with Gasteiger partial charge in [-0.2, -0.15) is 5.26 Å². The SMILES string of the molecule is CCOc1cc(OCC)c(/C=C(\C#N)C(=O)NCc2ccc(OC)cc2OC)cc1Br. The molecular formula is C23H25BrN2O5. The van der Waals surface area contributed by atoms with Gasteiger partial charge in [-0.15, -0.1) is 0 Å². The number of benzene rings is 2. The van der Waals surface area contributed by atoms with Crippen molar-refractivity contribution in [1.29, 1.82) is 5.26 Å². The molecule has 7 nitrogen and oxygen atoms in total. The lowest BCUT2D eigenvalue weighted by molar-refractivity contribution is -0.117. The van der Waals surface area contributed by atoms with Crippen LogP contribution >= 0.6 is 15.9 Å². The molecule has 2 aromatic carbocycles. The van der Waals surface area contributed by atoms with Crippen molar-refractivity contribution in [3.8, 4) is 29.1 Å². The molecule has 0 heterocycles. The van der Waals surface area contributed by atoms with E-state index in [0.717, 1.165) is 5.56 Å². The van der Waals surface area contributed by atoms with E-state index in [1.54, 1.807) is 44.6 Å². The quantitative estimate of drug-likeness (QED) is 0.391. The van der Waals surface area contributed by atoms with Gasteiger partial charge in [0.05, 0.1) is 31.9 Å². The Hall–Kier alpha value is -3.18. The van der Waals surface area contributed by atoms with Crippen LogP contribution in [0.15, 0.2) is 40.4 Å². The Labute approximate surface area is 190 Å². The molecule has 2 aromatic rings. The second-order valence-electron chi connectivity index (χ2n) is 6.22. The second-order valence-corrected chi connectivity index (χ2v) is 7.07. The van der Waals surface area contributed by atoms with E-state index < -0.39 is 5.91 Å². The highest BCUT2D eigenvalue weighted by Gasteiger charge is 2.15. The average Bonchev–Trinajstić information content (AvgIpc) is 2.78. The predicted molar refractivity (Wildman–Crippen MR) is 121 cm³/mol. The van der Waals surface area contributed by atoms with Gasteiger partial charge in [-0.25, -0.2) is 0 Å². The Morgan fingerprint density at radius 2 is 1.77 bits per heavy atom. The van der Waals surface area contributed by atoms with Crippen LogP contribution in [0.4, 0.5) is 0 Å². The number of carbonyl (C=O) groups excluding carboxylic acids is 1. The fraction of sp³-hybridized carbons (Fsp3) is 0.304.